The Labute approximate surface area is 124 Å². The van der Waals surface area contributed by atoms with Gasteiger partial charge in [-0.15, -0.1) is 0 Å². The highest BCUT2D eigenvalue weighted by Crippen LogP contribution is 2.20. The number of amides is 1. The third-order valence-electron chi connectivity index (χ3n) is 3.49. The van der Waals surface area contributed by atoms with E-state index >= 15 is 0 Å². The molecular weight excluding hydrogens is 264 g/mol. The van der Waals surface area contributed by atoms with Gasteiger partial charge >= 0.3 is 0 Å². The van der Waals surface area contributed by atoms with Crippen LogP contribution in [0.5, 0.6) is 0 Å². The molecule has 0 aliphatic heterocycles. The summed E-state index contributed by atoms with van der Waals surface area (Å²) in [5.41, 5.74) is 7.27. The van der Waals surface area contributed by atoms with Crippen molar-refractivity contribution in [3.63, 3.8) is 0 Å². The Balaban J connectivity index is 2.08. The summed E-state index contributed by atoms with van der Waals surface area (Å²) in [6.45, 7) is 1.65. The van der Waals surface area contributed by atoms with Gasteiger partial charge in [0.15, 0.2) is 0 Å². The van der Waals surface area contributed by atoms with Crippen LogP contribution in [-0.4, -0.2) is 17.6 Å². The fourth-order valence-electron chi connectivity index (χ4n) is 2.18. The van der Waals surface area contributed by atoms with Gasteiger partial charge < -0.3 is 16.2 Å². The van der Waals surface area contributed by atoms with E-state index in [4.69, 9.17) is 5.73 Å². The molecule has 0 aromatic heterocycles. The minimum absolute atomic E-state index is 0.139. The molecule has 0 radical (unpaired) electrons. The van der Waals surface area contributed by atoms with Crippen molar-refractivity contribution in [2.45, 2.75) is 18.9 Å². The van der Waals surface area contributed by atoms with Crippen molar-refractivity contribution < 1.29 is 9.90 Å². The van der Waals surface area contributed by atoms with Gasteiger partial charge in [0.1, 0.15) is 0 Å². The molecule has 21 heavy (non-hydrogen) atoms. The third kappa shape index (κ3) is 3.83. The summed E-state index contributed by atoms with van der Waals surface area (Å²) in [6.07, 6.45) is 0.253. The summed E-state index contributed by atoms with van der Waals surface area (Å²) in [5, 5.41) is 12.6. The molecule has 0 aliphatic carbocycles. The molecule has 0 fully saturated rings. The second kappa shape index (κ2) is 6.41. The molecule has 0 aliphatic rings. The topological polar surface area (TPSA) is 75.3 Å². The van der Waals surface area contributed by atoms with E-state index in [9.17, 15) is 9.90 Å². The van der Waals surface area contributed by atoms with Crippen LogP contribution in [0.1, 0.15) is 18.1 Å². The Hall–Kier alpha value is -2.33. The first-order valence-electron chi connectivity index (χ1n) is 6.85. The van der Waals surface area contributed by atoms with Crippen LogP contribution >= 0.6 is 0 Å². The maximum Gasteiger partial charge on any atom is 0.225 e. The quantitative estimate of drug-likeness (QED) is 0.733. The van der Waals surface area contributed by atoms with E-state index in [0.29, 0.717) is 5.69 Å². The standard InChI is InChI=1S/C17H20N2O2/c1-17(12-20,14-5-3-2-4-6-14)19-16(21)11-13-7-9-15(18)10-8-13/h2-10,20H,11-12,18H2,1H3,(H,19,21). The Morgan fingerprint density at radius 3 is 2.33 bits per heavy atom. The summed E-state index contributed by atoms with van der Waals surface area (Å²) in [7, 11) is 0. The van der Waals surface area contributed by atoms with Gasteiger partial charge in [-0.25, -0.2) is 0 Å². The zero-order valence-corrected chi connectivity index (χ0v) is 12.0. The largest absolute Gasteiger partial charge is 0.399 e. The Morgan fingerprint density at radius 2 is 1.76 bits per heavy atom. The van der Waals surface area contributed by atoms with E-state index in [1.54, 1.807) is 12.1 Å². The fraction of sp³-hybridized carbons (Fsp3) is 0.235. The molecule has 1 unspecified atom stereocenters. The number of nitrogens with two attached hydrogens (primary N) is 1. The summed E-state index contributed by atoms with van der Waals surface area (Å²) in [6, 6.07) is 16.6. The van der Waals surface area contributed by atoms with E-state index in [1.807, 2.05) is 49.4 Å². The average molecular weight is 284 g/mol. The molecule has 2 aromatic rings. The van der Waals surface area contributed by atoms with Gasteiger partial charge in [-0.3, -0.25) is 4.79 Å². The summed E-state index contributed by atoms with van der Waals surface area (Å²) < 4.78 is 0. The van der Waals surface area contributed by atoms with Crippen LogP contribution in [0.4, 0.5) is 5.69 Å². The number of hydrogen-bond acceptors (Lipinski definition) is 3. The van der Waals surface area contributed by atoms with Gasteiger partial charge in [-0.05, 0) is 30.2 Å². The van der Waals surface area contributed by atoms with Crippen molar-refractivity contribution in [2.75, 3.05) is 12.3 Å². The van der Waals surface area contributed by atoms with Crippen LogP contribution < -0.4 is 11.1 Å². The van der Waals surface area contributed by atoms with Gasteiger partial charge in [0.05, 0.1) is 18.6 Å². The van der Waals surface area contributed by atoms with Crippen molar-refractivity contribution in [3.05, 3.63) is 65.7 Å². The zero-order chi connectivity index (χ0) is 15.3. The molecule has 110 valence electrons. The van der Waals surface area contributed by atoms with Crippen molar-refractivity contribution in [1.82, 2.24) is 5.32 Å². The van der Waals surface area contributed by atoms with Crippen molar-refractivity contribution in [1.29, 1.82) is 0 Å². The van der Waals surface area contributed by atoms with E-state index in [1.165, 1.54) is 0 Å². The number of nitrogens with one attached hydrogen (secondary N) is 1. The number of aliphatic hydroxyl groups is 1. The van der Waals surface area contributed by atoms with Gasteiger partial charge in [0, 0.05) is 5.69 Å². The summed E-state index contributed by atoms with van der Waals surface area (Å²) in [5.74, 6) is -0.139. The van der Waals surface area contributed by atoms with Gasteiger partial charge in [0.2, 0.25) is 5.91 Å². The minimum atomic E-state index is -0.786. The molecule has 4 heteroatoms. The Morgan fingerprint density at radius 1 is 1.14 bits per heavy atom. The molecule has 0 spiro atoms. The number of carbonyl (C=O) groups excluding carboxylic acids is 1. The lowest BCUT2D eigenvalue weighted by molar-refractivity contribution is -0.122. The van der Waals surface area contributed by atoms with Crippen molar-refractivity contribution in [2.24, 2.45) is 0 Å². The highest BCUT2D eigenvalue weighted by molar-refractivity contribution is 5.79. The number of rotatable bonds is 5. The Kier molecular flexibility index (Phi) is 4.60. The lowest BCUT2D eigenvalue weighted by atomic mass is 9.92. The van der Waals surface area contributed by atoms with E-state index < -0.39 is 5.54 Å². The first-order chi connectivity index (χ1) is 10.0. The second-order valence-electron chi connectivity index (χ2n) is 5.32. The molecule has 4 N–H and O–H groups in total. The number of nitrogen functional groups attached to an aromatic ring is 1. The highest BCUT2D eigenvalue weighted by atomic mass is 16.3. The molecule has 0 saturated carbocycles. The maximum atomic E-state index is 12.2. The third-order valence-corrected chi connectivity index (χ3v) is 3.49. The molecule has 0 heterocycles. The molecule has 0 bridgehead atoms. The summed E-state index contributed by atoms with van der Waals surface area (Å²) >= 11 is 0. The molecule has 1 atom stereocenters. The van der Waals surface area contributed by atoms with Crippen LogP contribution in [0.3, 0.4) is 0 Å². The monoisotopic (exact) mass is 284 g/mol. The summed E-state index contributed by atoms with van der Waals surface area (Å²) in [4.78, 5) is 12.2. The number of carbonyl (C=O) groups is 1. The molecule has 0 saturated heterocycles. The second-order valence-corrected chi connectivity index (χ2v) is 5.32. The predicted molar refractivity (Wildman–Crippen MR) is 83.6 cm³/mol. The highest BCUT2D eigenvalue weighted by Gasteiger charge is 2.27. The molecular formula is C17H20N2O2. The fourth-order valence-corrected chi connectivity index (χ4v) is 2.18. The first-order valence-corrected chi connectivity index (χ1v) is 6.85. The van der Waals surface area contributed by atoms with Crippen LogP contribution in [0, 0.1) is 0 Å². The number of anilines is 1. The van der Waals surface area contributed by atoms with Crippen LogP contribution in [0.15, 0.2) is 54.6 Å². The smallest absolute Gasteiger partial charge is 0.225 e. The van der Waals surface area contributed by atoms with Gasteiger partial charge in [-0.2, -0.15) is 0 Å². The van der Waals surface area contributed by atoms with Crippen LogP contribution in [0.2, 0.25) is 0 Å². The van der Waals surface area contributed by atoms with Crippen LogP contribution in [-0.2, 0) is 16.8 Å². The maximum absolute atomic E-state index is 12.2. The van der Waals surface area contributed by atoms with Gasteiger partial charge in [0.25, 0.3) is 0 Å². The number of benzene rings is 2. The van der Waals surface area contributed by atoms with Crippen LogP contribution in [0.25, 0.3) is 0 Å². The minimum Gasteiger partial charge on any atom is -0.399 e. The Bertz CT molecular complexity index is 596. The molecule has 2 rings (SSSR count). The SMILES string of the molecule is CC(CO)(NC(=O)Cc1ccc(N)cc1)c1ccccc1. The molecule has 2 aromatic carbocycles. The van der Waals surface area contributed by atoms with Gasteiger partial charge in [-0.1, -0.05) is 42.5 Å². The number of aliphatic hydroxyl groups excluding tert-OH is 1. The van der Waals surface area contributed by atoms with E-state index in [2.05, 4.69) is 5.32 Å². The van der Waals surface area contributed by atoms with Crippen molar-refractivity contribution in [3.8, 4) is 0 Å². The first kappa shape index (κ1) is 15.1. The lowest BCUT2D eigenvalue weighted by Crippen LogP contribution is -2.46. The number of hydrogen-bond donors (Lipinski definition) is 3. The average Bonchev–Trinajstić information content (AvgIpc) is 2.50. The van der Waals surface area contributed by atoms with E-state index in [-0.39, 0.29) is 18.9 Å². The lowest BCUT2D eigenvalue weighted by Gasteiger charge is -2.29. The zero-order valence-electron chi connectivity index (χ0n) is 12.0. The van der Waals surface area contributed by atoms with Crippen molar-refractivity contribution >= 4 is 11.6 Å². The molecule has 4 nitrogen and oxygen atoms in total. The van der Waals surface area contributed by atoms with E-state index in [0.717, 1.165) is 11.1 Å². The predicted octanol–water partition coefficient (Wildman–Crippen LogP) is 1.84. The molecule has 1 amide bonds. The normalized spacial score (nSPS) is 13.4.